The van der Waals surface area contributed by atoms with E-state index < -0.39 is 0 Å². The Labute approximate surface area is 131 Å². The van der Waals surface area contributed by atoms with Crippen LogP contribution in [0.15, 0.2) is 4.52 Å². The number of carbonyl (C=O) groups is 1. The topological polar surface area (TPSA) is 68.5 Å². The van der Waals surface area contributed by atoms with Crippen LogP contribution in [0.4, 0.5) is 0 Å². The maximum atomic E-state index is 12.1. The van der Waals surface area contributed by atoms with E-state index in [1.807, 2.05) is 13.8 Å². The van der Waals surface area contributed by atoms with Crippen LogP contribution in [0.3, 0.4) is 0 Å². The molecule has 22 heavy (non-hydrogen) atoms. The number of carbonyl (C=O) groups excluding carboxylic acids is 1. The number of ether oxygens (including phenoxy) is 1. The Balaban J connectivity index is 1.78. The minimum absolute atomic E-state index is 0.137. The summed E-state index contributed by atoms with van der Waals surface area (Å²) in [6, 6.07) is 0.276. The Hall–Kier alpha value is -1.43. The zero-order valence-electron chi connectivity index (χ0n) is 13.6. The number of methoxy groups -OCH3 is 1. The van der Waals surface area contributed by atoms with Gasteiger partial charge in [0.15, 0.2) is 5.82 Å². The molecule has 1 saturated carbocycles. The molecule has 1 aromatic rings. The molecule has 2 fully saturated rings. The van der Waals surface area contributed by atoms with E-state index in [0.717, 1.165) is 12.8 Å². The molecule has 0 bridgehead atoms. The first kappa shape index (κ1) is 15.5. The monoisotopic (exact) mass is 307 g/mol. The molecular weight excluding hydrogens is 282 g/mol. The van der Waals surface area contributed by atoms with Gasteiger partial charge in [0.2, 0.25) is 5.89 Å². The zero-order chi connectivity index (χ0) is 15.7. The fourth-order valence-corrected chi connectivity index (χ4v) is 3.88. The second kappa shape index (κ2) is 6.36. The molecule has 0 N–H and O–H groups in total. The second-order valence-corrected chi connectivity index (χ2v) is 6.76. The fraction of sp³-hybridized carbons (Fsp3) is 0.812. The third kappa shape index (κ3) is 2.89. The van der Waals surface area contributed by atoms with Gasteiger partial charge in [0.05, 0.1) is 13.7 Å². The third-order valence-corrected chi connectivity index (χ3v) is 5.00. The van der Waals surface area contributed by atoms with Gasteiger partial charge in [0.1, 0.15) is 6.04 Å². The second-order valence-electron chi connectivity index (χ2n) is 6.76. The van der Waals surface area contributed by atoms with Gasteiger partial charge in [-0.25, -0.2) is 0 Å². The highest BCUT2D eigenvalue weighted by Gasteiger charge is 2.45. The zero-order valence-corrected chi connectivity index (χ0v) is 13.6. The SMILES string of the molecule is COC(=O)C1CC2CCCCC2N1Cc1noc(C(C)C)n1. The van der Waals surface area contributed by atoms with Crippen molar-refractivity contribution in [1.29, 1.82) is 0 Å². The average molecular weight is 307 g/mol. The van der Waals surface area contributed by atoms with Crippen molar-refractivity contribution < 1.29 is 14.1 Å². The van der Waals surface area contributed by atoms with Crippen LogP contribution >= 0.6 is 0 Å². The predicted molar refractivity (Wildman–Crippen MR) is 80.1 cm³/mol. The number of hydrogen-bond donors (Lipinski definition) is 0. The summed E-state index contributed by atoms with van der Waals surface area (Å²) < 4.78 is 10.3. The van der Waals surface area contributed by atoms with Crippen LogP contribution < -0.4 is 0 Å². The van der Waals surface area contributed by atoms with Crippen LogP contribution in [0.25, 0.3) is 0 Å². The predicted octanol–water partition coefficient (Wildman–Crippen LogP) is 2.50. The maximum Gasteiger partial charge on any atom is 0.323 e. The van der Waals surface area contributed by atoms with E-state index in [1.54, 1.807) is 0 Å². The molecule has 0 aromatic carbocycles. The summed E-state index contributed by atoms with van der Waals surface area (Å²) >= 11 is 0. The van der Waals surface area contributed by atoms with E-state index in [0.29, 0.717) is 30.2 Å². The van der Waals surface area contributed by atoms with Gasteiger partial charge in [0, 0.05) is 12.0 Å². The molecule has 6 nitrogen and oxygen atoms in total. The molecule has 2 heterocycles. The Morgan fingerprint density at radius 3 is 2.86 bits per heavy atom. The molecule has 0 amide bonds. The summed E-state index contributed by atoms with van der Waals surface area (Å²) in [7, 11) is 1.47. The molecule has 1 saturated heterocycles. The Morgan fingerprint density at radius 1 is 1.41 bits per heavy atom. The lowest BCUT2D eigenvalue weighted by Gasteiger charge is -2.32. The normalized spacial score (nSPS) is 28.8. The van der Waals surface area contributed by atoms with Crippen molar-refractivity contribution in [2.24, 2.45) is 5.92 Å². The highest BCUT2D eigenvalue weighted by Crippen LogP contribution is 2.40. The van der Waals surface area contributed by atoms with E-state index in [4.69, 9.17) is 9.26 Å². The first-order valence-corrected chi connectivity index (χ1v) is 8.26. The number of rotatable bonds is 4. The molecule has 0 spiro atoms. The molecular formula is C16H25N3O3. The molecule has 0 radical (unpaired) electrons. The Bertz CT molecular complexity index is 528. The van der Waals surface area contributed by atoms with Crippen molar-refractivity contribution in [2.45, 2.75) is 70.5 Å². The molecule has 3 rings (SSSR count). The first-order valence-electron chi connectivity index (χ1n) is 8.26. The fourth-order valence-electron chi connectivity index (χ4n) is 3.88. The van der Waals surface area contributed by atoms with Gasteiger partial charge < -0.3 is 9.26 Å². The average Bonchev–Trinajstić information content (AvgIpc) is 3.12. The summed E-state index contributed by atoms with van der Waals surface area (Å²) in [5.74, 6) is 2.00. The van der Waals surface area contributed by atoms with Crippen LogP contribution in [-0.2, 0) is 16.1 Å². The molecule has 3 atom stereocenters. The van der Waals surface area contributed by atoms with Crippen LogP contribution in [0, 0.1) is 5.92 Å². The number of nitrogens with zero attached hydrogens (tertiary/aromatic N) is 3. The highest BCUT2D eigenvalue weighted by atomic mass is 16.5. The summed E-state index contributed by atoms with van der Waals surface area (Å²) in [5.41, 5.74) is 0. The van der Waals surface area contributed by atoms with E-state index >= 15 is 0 Å². The van der Waals surface area contributed by atoms with Crippen molar-refractivity contribution in [3.63, 3.8) is 0 Å². The van der Waals surface area contributed by atoms with Crippen molar-refractivity contribution in [3.8, 4) is 0 Å². The minimum atomic E-state index is -0.168. The van der Waals surface area contributed by atoms with Crippen molar-refractivity contribution in [1.82, 2.24) is 15.0 Å². The Morgan fingerprint density at radius 2 is 2.18 bits per heavy atom. The van der Waals surface area contributed by atoms with Gasteiger partial charge in [-0.1, -0.05) is 31.8 Å². The quantitative estimate of drug-likeness (QED) is 0.796. The molecule has 1 aliphatic carbocycles. The van der Waals surface area contributed by atoms with Gasteiger partial charge in [-0.15, -0.1) is 0 Å². The van der Waals surface area contributed by atoms with Crippen LogP contribution in [0.2, 0.25) is 0 Å². The number of hydrogen-bond acceptors (Lipinski definition) is 6. The van der Waals surface area contributed by atoms with Crippen LogP contribution in [0.1, 0.15) is 63.6 Å². The van der Waals surface area contributed by atoms with Crippen molar-refractivity contribution >= 4 is 5.97 Å². The van der Waals surface area contributed by atoms with Crippen LogP contribution in [0.5, 0.6) is 0 Å². The lowest BCUT2D eigenvalue weighted by molar-refractivity contribution is -0.146. The Kier molecular flexibility index (Phi) is 4.47. The van der Waals surface area contributed by atoms with Crippen molar-refractivity contribution in [2.75, 3.05) is 7.11 Å². The molecule has 1 aromatic heterocycles. The van der Waals surface area contributed by atoms with Gasteiger partial charge >= 0.3 is 5.97 Å². The third-order valence-electron chi connectivity index (χ3n) is 5.00. The smallest absolute Gasteiger partial charge is 0.323 e. The summed E-state index contributed by atoms with van der Waals surface area (Å²) in [6.07, 6.45) is 5.75. The van der Waals surface area contributed by atoms with E-state index in [-0.39, 0.29) is 17.9 Å². The van der Waals surface area contributed by atoms with Gasteiger partial charge in [-0.05, 0) is 25.2 Å². The van der Waals surface area contributed by atoms with E-state index in [2.05, 4.69) is 15.0 Å². The van der Waals surface area contributed by atoms with Gasteiger partial charge in [0.25, 0.3) is 0 Å². The molecule has 2 aliphatic rings. The molecule has 1 aliphatic heterocycles. The lowest BCUT2D eigenvalue weighted by atomic mass is 9.85. The van der Waals surface area contributed by atoms with E-state index in [9.17, 15) is 4.79 Å². The number of fused-ring (bicyclic) bond motifs is 1. The van der Waals surface area contributed by atoms with Gasteiger partial charge in [-0.2, -0.15) is 4.98 Å². The summed E-state index contributed by atoms with van der Waals surface area (Å²) in [5, 5.41) is 4.08. The number of aromatic nitrogens is 2. The standard InChI is InChI=1S/C16H25N3O3/c1-10(2)15-17-14(18-22-15)9-19-12-7-5-4-6-11(12)8-13(19)16(20)21-3/h10-13H,4-9H2,1-3H3. The lowest BCUT2D eigenvalue weighted by Crippen LogP contribution is -2.42. The number of esters is 1. The first-order chi connectivity index (χ1) is 10.6. The largest absolute Gasteiger partial charge is 0.468 e. The minimum Gasteiger partial charge on any atom is -0.468 e. The molecule has 6 heteroatoms. The molecule has 122 valence electrons. The molecule has 3 unspecified atom stereocenters. The van der Waals surface area contributed by atoms with E-state index in [1.165, 1.54) is 26.4 Å². The maximum absolute atomic E-state index is 12.1. The summed E-state index contributed by atoms with van der Waals surface area (Å²) in [4.78, 5) is 18.8. The van der Waals surface area contributed by atoms with Gasteiger partial charge in [-0.3, -0.25) is 9.69 Å². The highest BCUT2D eigenvalue weighted by molar-refractivity contribution is 5.76. The van der Waals surface area contributed by atoms with Crippen molar-refractivity contribution in [3.05, 3.63) is 11.7 Å². The van der Waals surface area contributed by atoms with Crippen LogP contribution in [-0.4, -0.2) is 40.2 Å². The summed E-state index contributed by atoms with van der Waals surface area (Å²) in [6.45, 7) is 4.63. The number of likely N-dealkylation sites (tertiary alicyclic amines) is 1.